The monoisotopic (exact) mass is 652 g/mol. The Kier molecular flexibility index (Phi) is 10.8. The van der Waals surface area contributed by atoms with Crippen molar-refractivity contribution in [1.82, 2.24) is 10.7 Å². The minimum Gasteiger partial charge on any atom is -0.484 e. The van der Waals surface area contributed by atoms with Crippen LogP contribution < -0.4 is 19.8 Å². The summed E-state index contributed by atoms with van der Waals surface area (Å²) >= 11 is 6.13. The Hall–Kier alpha value is -4.14. The van der Waals surface area contributed by atoms with E-state index >= 15 is 0 Å². The minimum absolute atomic E-state index is 0.0210. The molecule has 1 fully saturated rings. The van der Waals surface area contributed by atoms with E-state index in [2.05, 4.69) is 15.8 Å². The molecular weight excluding hydrogens is 625 g/mol. The highest BCUT2D eigenvalue weighted by atomic mass is 35.5. The summed E-state index contributed by atoms with van der Waals surface area (Å²) in [6, 6.07) is 15.5. The maximum absolute atomic E-state index is 13.4. The molecule has 0 aromatic heterocycles. The van der Waals surface area contributed by atoms with Crippen LogP contribution in [0.4, 0.5) is 18.9 Å². The second-order valence-corrected chi connectivity index (χ2v) is 11.8. The lowest BCUT2D eigenvalue weighted by Gasteiger charge is -2.25. The molecule has 3 aromatic rings. The van der Waals surface area contributed by atoms with Gasteiger partial charge in [0.2, 0.25) is 0 Å². The molecule has 0 bridgehead atoms. The number of nitrogens with one attached hydrogen (secondary N) is 2. The molecule has 1 aliphatic heterocycles. The van der Waals surface area contributed by atoms with Crippen molar-refractivity contribution in [3.63, 3.8) is 0 Å². The number of hydrogen-bond acceptors (Lipinski definition) is 7. The molecule has 10 nitrogen and oxygen atoms in total. The maximum atomic E-state index is 13.4. The first kappa shape index (κ1) is 32.8. The van der Waals surface area contributed by atoms with Crippen molar-refractivity contribution in [2.24, 2.45) is 5.10 Å². The lowest BCUT2D eigenvalue weighted by molar-refractivity contribution is -0.137. The van der Waals surface area contributed by atoms with Gasteiger partial charge in [-0.25, -0.2) is 13.8 Å². The van der Waals surface area contributed by atoms with Gasteiger partial charge < -0.3 is 14.8 Å². The maximum Gasteiger partial charge on any atom is 0.416 e. The second-order valence-electron chi connectivity index (χ2n) is 9.58. The average molecular weight is 653 g/mol. The second kappa shape index (κ2) is 14.6. The third-order valence-electron chi connectivity index (χ3n) is 6.36. The van der Waals surface area contributed by atoms with E-state index in [1.807, 2.05) is 0 Å². The van der Waals surface area contributed by atoms with E-state index < -0.39 is 39.9 Å². The van der Waals surface area contributed by atoms with Gasteiger partial charge in [-0.1, -0.05) is 29.8 Å². The predicted molar refractivity (Wildman–Crippen MR) is 157 cm³/mol. The van der Waals surface area contributed by atoms with Crippen LogP contribution in [0.2, 0.25) is 5.02 Å². The Labute approximate surface area is 256 Å². The fourth-order valence-electron chi connectivity index (χ4n) is 4.13. The standard InChI is InChI=1S/C29H28ClF3N4O6S/c30-25-13-10-21(29(31,32)33)15-26(25)37(44(40,41)24-6-2-1-3-7-24)18-27(38)36-35-16-20-8-11-22(12-9-20)43-19-28(39)34-17-23-5-4-14-42-23/h1-3,6-13,15-16,23H,4-5,14,17-19H2,(H,34,39)(H,36,38)/b35-16-/t23-/m0/s1. The molecule has 3 aromatic carbocycles. The third kappa shape index (κ3) is 8.94. The van der Waals surface area contributed by atoms with E-state index in [1.165, 1.54) is 30.5 Å². The number of ether oxygens (including phenoxy) is 2. The summed E-state index contributed by atoms with van der Waals surface area (Å²) in [4.78, 5) is 24.5. The molecule has 15 heteroatoms. The number of rotatable bonds is 12. The molecule has 2 amide bonds. The van der Waals surface area contributed by atoms with Crippen molar-refractivity contribution >= 4 is 45.3 Å². The van der Waals surface area contributed by atoms with Crippen LogP contribution >= 0.6 is 11.6 Å². The first-order valence-corrected chi connectivity index (χ1v) is 15.1. The number of benzene rings is 3. The molecule has 1 heterocycles. The van der Waals surface area contributed by atoms with Gasteiger partial charge >= 0.3 is 6.18 Å². The lowest BCUT2D eigenvalue weighted by atomic mass is 10.2. The van der Waals surface area contributed by atoms with Gasteiger partial charge in [0.25, 0.3) is 21.8 Å². The number of hydrogen-bond donors (Lipinski definition) is 2. The molecule has 0 spiro atoms. The van der Waals surface area contributed by atoms with E-state index in [9.17, 15) is 31.2 Å². The summed E-state index contributed by atoms with van der Waals surface area (Å²) < 4.78 is 78.5. The predicted octanol–water partition coefficient (Wildman–Crippen LogP) is 4.38. The van der Waals surface area contributed by atoms with Gasteiger partial charge in [0.1, 0.15) is 12.3 Å². The van der Waals surface area contributed by atoms with Crippen LogP contribution in [0, 0.1) is 0 Å². The van der Waals surface area contributed by atoms with Crippen LogP contribution in [-0.4, -0.2) is 58.9 Å². The van der Waals surface area contributed by atoms with Gasteiger partial charge in [-0.3, -0.25) is 13.9 Å². The van der Waals surface area contributed by atoms with Gasteiger partial charge in [0, 0.05) is 13.2 Å². The zero-order valence-electron chi connectivity index (χ0n) is 23.1. The van der Waals surface area contributed by atoms with Gasteiger partial charge in [-0.2, -0.15) is 18.3 Å². The summed E-state index contributed by atoms with van der Waals surface area (Å²) in [5.41, 5.74) is 1.03. The molecular formula is C29H28ClF3N4O6S. The van der Waals surface area contributed by atoms with E-state index in [0.29, 0.717) is 40.9 Å². The topological polar surface area (TPSA) is 126 Å². The first-order valence-electron chi connectivity index (χ1n) is 13.3. The highest BCUT2D eigenvalue weighted by Crippen LogP contribution is 2.37. The Bertz CT molecular complexity index is 1580. The number of carbonyl (C=O) groups excluding carboxylic acids is 2. The molecule has 1 aliphatic rings. The minimum atomic E-state index is -4.79. The summed E-state index contributed by atoms with van der Waals surface area (Å²) in [5.74, 6) is -0.815. The molecule has 2 N–H and O–H groups in total. The van der Waals surface area contributed by atoms with Crippen LogP contribution in [0.15, 0.2) is 82.8 Å². The van der Waals surface area contributed by atoms with Crippen molar-refractivity contribution in [2.75, 3.05) is 30.6 Å². The number of anilines is 1. The highest BCUT2D eigenvalue weighted by molar-refractivity contribution is 7.92. The fourth-order valence-corrected chi connectivity index (χ4v) is 5.85. The van der Waals surface area contributed by atoms with Gasteiger partial charge in [0.15, 0.2) is 6.61 Å². The summed E-state index contributed by atoms with van der Waals surface area (Å²) in [5, 5.41) is 6.25. The van der Waals surface area contributed by atoms with Crippen molar-refractivity contribution in [3.05, 3.63) is 88.9 Å². The molecule has 0 aliphatic carbocycles. The molecule has 0 unspecified atom stereocenters. The Morgan fingerprint density at radius 1 is 1.07 bits per heavy atom. The van der Waals surface area contributed by atoms with Crippen molar-refractivity contribution in [1.29, 1.82) is 0 Å². The number of amides is 2. The highest BCUT2D eigenvalue weighted by Gasteiger charge is 2.34. The van der Waals surface area contributed by atoms with Crippen LogP contribution in [0.5, 0.6) is 5.75 Å². The van der Waals surface area contributed by atoms with Crippen LogP contribution in [-0.2, 0) is 30.5 Å². The Morgan fingerprint density at radius 3 is 2.45 bits per heavy atom. The SMILES string of the molecule is O=C(COc1ccc(/C=N\NC(=O)CN(c2cc(C(F)(F)F)ccc2Cl)S(=O)(=O)c2ccccc2)cc1)NC[C@@H]1CCCO1. The van der Waals surface area contributed by atoms with Crippen molar-refractivity contribution in [3.8, 4) is 5.75 Å². The summed E-state index contributed by atoms with van der Waals surface area (Å²) in [7, 11) is -4.52. The smallest absolute Gasteiger partial charge is 0.416 e. The molecule has 0 radical (unpaired) electrons. The van der Waals surface area contributed by atoms with Gasteiger partial charge in [-0.05, 0) is 73.0 Å². The largest absolute Gasteiger partial charge is 0.484 e. The van der Waals surface area contributed by atoms with Gasteiger partial charge in [-0.15, -0.1) is 0 Å². The third-order valence-corrected chi connectivity index (χ3v) is 8.46. The first-order chi connectivity index (χ1) is 20.9. The lowest BCUT2D eigenvalue weighted by Crippen LogP contribution is -2.40. The van der Waals surface area contributed by atoms with Gasteiger partial charge in [0.05, 0.1) is 33.5 Å². The van der Waals surface area contributed by atoms with Crippen LogP contribution in [0.1, 0.15) is 24.0 Å². The number of sulfonamides is 1. The zero-order valence-corrected chi connectivity index (χ0v) is 24.7. The van der Waals surface area contributed by atoms with E-state index in [4.69, 9.17) is 21.1 Å². The molecule has 234 valence electrons. The summed E-state index contributed by atoms with van der Waals surface area (Å²) in [6.45, 7) is 0.0116. The van der Waals surface area contributed by atoms with Crippen molar-refractivity contribution in [2.45, 2.75) is 30.0 Å². The number of nitrogens with zero attached hydrogens (tertiary/aromatic N) is 2. The van der Waals surface area contributed by atoms with E-state index in [0.717, 1.165) is 18.9 Å². The molecule has 1 atom stereocenters. The Morgan fingerprint density at radius 2 is 1.80 bits per heavy atom. The number of halogens is 4. The average Bonchev–Trinajstić information content (AvgIpc) is 3.52. The number of hydrazone groups is 1. The number of carbonyl (C=O) groups is 2. The Balaban J connectivity index is 1.39. The number of alkyl halides is 3. The fraction of sp³-hybridized carbons (Fsp3) is 0.276. The van der Waals surface area contributed by atoms with E-state index in [1.54, 1.807) is 30.3 Å². The zero-order chi connectivity index (χ0) is 31.7. The van der Waals surface area contributed by atoms with Crippen LogP contribution in [0.25, 0.3) is 0 Å². The molecule has 44 heavy (non-hydrogen) atoms. The quantitative estimate of drug-likeness (QED) is 0.221. The molecule has 0 saturated carbocycles. The summed E-state index contributed by atoms with van der Waals surface area (Å²) in [6.07, 6.45) is -1.62. The molecule has 4 rings (SSSR count). The van der Waals surface area contributed by atoms with Crippen molar-refractivity contribution < 1.29 is 40.7 Å². The van der Waals surface area contributed by atoms with Crippen LogP contribution in [0.3, 0.4) is 0 Å². The van der Waals surface area contributed by atoms with E-state index in [-0.39, 0.29) is 28.5 Å². The molecule has 1 saturated heterocycles. The normalized spacial score (nSPS) is 15.2.